The van der Waals surface area contributed by atoms with Crippen LogP contribution in [0.3, 0.4) is 0 Å². The molecule has 2 rings (SSSR count). The lowest BCUT2D eigenvalue weighted by Gasteiger charge is -2.26. The van der Waals surface area contributed by atoms with E-state index in [0.29, 0.717) is 18.2 Å². The number of hydrogen-bond donors (Lipinski definition) is 2. The maximum atomic E-state index is 11.9. The SMILES string of the molecule is CN(C(=O)c1cn[nH]n1)C(CN)C1CC1. The smallest absolute Gasteiger partial charge is 0.276 e. The van der Waals surface area contributed by atoms with Gasteiger partial charge in [-0.2, -0.15) is 15.4 Å². The molecule has 0 radical (unpaired) electrons. The highest BCUT2D eigenvalue weighted by Gasteiger charge is 2.35. The molecule has 3 N–H and O–H groups in total. The standard InChI is InChI=1S/C9H15N5O/c1-14(8(4-10)6-2-3-6)9(15)7-5-11-13-12-7/h5-6,8H,2-4,10H2,1H3,(H,11,12,13). The van der Waals surface area contributed by atoms with Gasteiger partial charge in [-0.1, -0.05) is 0 Å². The van der Waals surface area contributed by atoms with Gasteiger partial charge in [-0.15, -0.1) is 0 Å². The molecule has 6 nitrogen and oxygen atoms in total. The highest BCUT2D eigenvalue weighted by atomic mass is 16.2. The van der Waals surface area contributed by atoms with Crippen LogP contribution in [0, 0.1) is 5.92 Å². The molecule has 1 amide bonds. The Hall–Kier alpha value is -1.43. The van der Waals surface area contributed by atoms with E-state index in [9.17, 15) is 4.79 Å². The number of hydrogen-bond acceptors (Lipinski definition) is 4. The molecule has 0 spiro atoms. The van der Waals surface area contributed by atoms with Gasteiger partial charge >= 0.3 is 0 Å². The van der Waals surface area contributed by atoms with E-state index in [1.807, 2.05) is 0 Å². The van der Waals surface area contributed by atoms with E-state index in [0.717, 1.165) is 12.8 Å². The number of amides is 1. The highest BCUT2D eigenvalue weighted by Crippen LogP contribution is 2.34. The van der Waals surface area contributed by atoms with Gasteiger partial charge < -0.3 is 10.6 Å². The summed E-state index contributed by atoms with van der Waals surface area (Å²) in [7, 11) is 1.77. The summed E-state index contributed by atoms with van der Waals surface area (Å²) in [6, 6.07) is 0.134. The van der Waals surface area contributed by atoms with Crippen LogP contribution in [0.4, 0.5) is 0 Å². The van der Waals surface area contributed by atoms with Crippen molar-refractivity contribution in [2.75, 3.05) is 13.6 Å². The number of rotatable bonds is 4. The molecule has 1 fully saturated rings. The molecule has 1 unspecified atom stereocenters. The second-order valence-corrected chi connectivity index (χ2v) is 3.91. The second kappa shape index (κ2) is 3.98. The molecule has 0 aromatic carbocycles. The first-order valence-electron chi connectivity index (χ1n) is 5.07. The summed E-state index contributed by atoms with van der Waals surface area (Å²) >= 11 is 0. The minimum Gasteiger partial charge on any atom is -0.336 e. The molecule has 1 aliphatic carbocycles. The molecular formula is C9H15N5O. The summed E-state index contributed by atoms with van der Waals surface area (Å²) in [4.78, 5) is 13.6. The van der Waals surface area contributed by atoms with Crippen molar-refractivity contribution in [3.63, 3.8) is 0 Å². The molecule has 0 aliphatic heterocycles. The summed E-state index contributed by atoms with van der Waals surface area (Å²) < 4.78 is 0. The van der Waals surface area contributed by atoms with Crippen LogP contribution >= 0.6 is 0 Å². The minimum atomic E-state index is -0.119. The van der Waals surface area contributed by atoms with Gasteiger partial charge in [0, 0.05) is 19.6 Å². The first-order valence-corrected chi connectivity index (χ1v) is 5.07. The average Bonchev–Trinajstić information content (AvgIpc) is 2.93. The summed E-state index contributed by atoms with van der Waals surface area (Å²) in [5.74, 6) is 0.446. The Morgan fingerprint density at radius 2 is 2.53 bits per heavy atom. The topological polar surface area (TPSA) is 87.9 Å². The molecule has 0 saturated heterocycles. The van der Waals surface area contributed by atoms with Crippen molar-refractivity contribution >= 4 is 5.91 Å². The average molecular weight is 209 g/mol. The lowest BCUT2D eigenvalue weighted by Crippen LogP contribution is -2.43. The molecule has 6 heteroatoms. The van der Waals surface area contributed by atoms with Crippen molar-refractivity contribution in [2.45, 2.75) is 18.9 Å². The zero-order valence-corrected chi connectivity index (χ0v) is 8.68. The molecule has 15 heavy (non-hydrogen) atoms. The summed E-state index contributed by atoms with van der Waals surface area (Å²) in [5, 5.41) is 9.81. The number of nitrogens with zero attached hydrogens (tertiary/aromatic N) is 3. The van der Waals surface area contributed by atoms with Crippen LogP contribution in [0.5, 0.6) is 0 Å². The van der Waals surface area contributed by atoms with E-state index < -0.39 is 0 Å². The summed E-state index contributed by atoms with van der Waals surface area (Å²) in [6.45, 7) is 0.505. The maximum Gasteiger partial charge on any atom is 0.276 e. The number of aromatic nitrogens is 3. The van der Waals surface area contributed by atoms with Crippen LogP contribution < -0.4 is 5.73 Å². The Morgan fingerprint density at radius 1 is 1.80 bits per heavy atom. The van der Waals surface area contributed by atoms with E-state index in [-0.39, 0.29) is 11.9 Å². The largest absolute Gasteiger partial charge is 0.336 e. The molecule has 1 aromatic heterocycles. The number of nitrogens with one attached hydrogen (secondary N) is 1. The Balaban J connectivity index is 2.05. The van der Waals surface area contributed by atoms with Crippen LogP contribution in [0.15, 0.2) is 6.20 Å². The normalized spacial score (nSPS) is 17.5. The van der Waals surface area contributed by atoms with E-state index in [2.05, 4.69) is 15.4 Å². The van der Waals surface area contributed by atoms with E-state index >= 15 is 0 Å². The fourth-order valence-electron chi connectivity index (χ4n) is 1.78. The van der Waals surface area contributed by atoms with Gasteiger partial charge in [-0.25, -0.2) is 0 Å². The number of nitrogens with two attached hydrogens (primary N) is 1. The van der Waals surface area contributed by atoms with Crippen molar-refractivity contribution in [3.05, 3.63) is 11.9 Å². The van der Waals surface area contributed by atoms with Gasteiger partial charge in [-0.05, 0) is 18.8 Å². The third kappa shape index (κ3) is 1.99. The van der Waals surface area contributed by atoms with Gasteiger partial charge in [0.1, 0.15) is 0 Å². The number of carbonyl (C=O) groups is 1. The van der Waals surface area contributed by atoms with Crippen molar-refractivity contribution in [2.24, 2.45) is 11.7 Å². The first kappa shape index (κ1) is 10.1. The van der Waals surface area contributed by atoms with E-state index in [1.54, 1.807) is 11.9 Å². The van der Waals surface area contributed by atoms with Gasteiger partial charge in [-0.3, -0.25) is 4.79 Å². The predicted molar refractivity (Wildman–Crippen MR) is 54.0 cm³/mol. The molecule has 82 valence electrons. The zero-order chi connectivity index (χ0) is 10.8. The summed E-state index contributed by atoms with van der Waals surface area (Å²) in [5.41, 5.74) is 6.01. The third-order valence-electron chi connectivity index (χ3n) is 2.86. The monoisotopic (exact) mass is 209 g/mol. The molecule has 1 saturated carbocycles. The minimum absolute atomic E-state index is 0.119. The molecule has 1 atom stereocenters. The quantitative estimate of drug-likeness (QED) is 0.707. The molecule has 1 aliphatic rings. The fraction of sp³-hybridized carbons (Fsp3) is 0.667. The van der Waals surface area contributed by atoms with Gasteiger partial charge in [0.2, 0.25) is 0 Å². The Bertz CT molecular complexity index is 332. The van der Waals surface area contributed by atoms with Gasteiger partial charge in [0.05, 0.1) is 6.20 Å². The van der Waals surface area contributed by atoms with E-state index in [1.165, 1.54) is 6.20 Å². The number of carbonyl (C=O) groups excluding carboxylic acids is 1. The molecular weight excluding hydrogens is 194 g/mol. The Kier molecular flexibility index (Phi) is 2.68. The van der Waals surface area contributed by atoms with Crippen LogP contribution in [0.25, 0.3) is 0 Å². The maximum absolute atomic E-state index is 11.9. The molecule has 1 heterocycles. The van der Waals surface area contributed by atoms with Crippen molar-refractivity contribution in [1.82, 2.24) is 20.3 Å². The first-order chi connectivity index (χ1) is 7.24. The fourth-order valence-corrected chi connectivity index (χ4v) is 1.78. The van der Waals surface area contributed by atoms with Crippen LogP contribution in [-0.2, 0) is 0 Å². The lowest BCUT2D eigenvalue weighted by atomic mass is 10.1. The Morgan fingerprint density at radius 3 is 3.00 bits per heavy atom. The number of aromatic amines is 1. The third-order valence-corrected chi connectivity index (χ3v) is 2.86. The van der Waals surface area contributed by atoms with Crippen LogP contribution in [0.1, 0.15) is 23.3 Å². The number of H-pyrrole nitrogens is 1. The Labute approximate surface area is 87.8 Å². The number of likely N-dealkylation sites (N-methyl/N-ethyl adjacent to an activating group) is 1. The van der Waals surface area contributed by atoms with Crippen LogP contribution in [0.2, 0.25) is 0 Å². The van der Waals surface area contributed by atoms with Crippen molar-refractivity contribution in [3.8, 4) is 0 Å². The van der Waals surface area contributed by atoms with Gasteiger partial charge in [0.25, 0.3) is 5.91 Å². The molecule has 0 bridgehead atoms. The lowest BCUT2D eigenvalue weighted by molar-refractivity contribution is 0.0712. The van der Waals surface area contributed by atoms with Crippen molar-refractivity contribution < 1.29 is 4.79 Å². The van der Waals surface area contributed by atoms with E-state index in [4.69, 9.17) is 5.73 Å². The predicted octanol–water partition coefficient (Wildman–Crippen LogP) is -0.386. The van der Waals surface area contributed by atoms with Gasteiger partial charge in [0.15, 0.2) is 5.69 Å². The second-order valence-electron chi connectivity index (χ2n) is 3.91. The highest BCUT2D eigenvalue weighted by molar-refractivity contribution is 5.91. The zero-order valence-electron chi connectivity index (χ0n) is 8.68. The summed E-state index contributed by atoms with van der Waals surface area (Å²) in [6.07, 6.45) is 3.76. The molecule has 1 aromatic rings. The van der Waals surface area contributed by atoms with Crippen LogP contribution in [-0.4, -0.2) is 45.9 Å². The van der Waals surface area contributed by atoms with Crippen molar-refractivity contribution in [1.29, 1.82) is 0 Å².